The number of carbonyl (C=O) groups is 2. The standard InChI is InChI=1S/C14H19N3O3/c1-16-12(18)10-2-4-11(5-3-10)17-13(19)14(15)6-8-20-9-7-14/h2-5H,6-9,15H2,1H3,(H,16,18)(H,17,19). The molecule has 6 heteroatoms. The van der Waals surface area contributed by atoms with E-state index in [1.807, 2.05) is 0 Å². The number of hydrogen-bond acceptors (Lipinski definition) is 4. The van der Waals surface area contributed by atoms with E-state index in [9.17, 15) is 9.59 Å². The van der Waals surface area contributed by atoms with Crippen molar-refractivity contribution in [2.24, 2.45) is 5.73 Å². The molecule has 1 aromatic carbocycles. The number of rotatable bonds is 3. The van der Waals surface area contributed by atoms with E-state index >= 15 is 0 Å². The molecular formula is C14H19N3O3. The van der Waals surface area contributed by atoms with Gasteiger partial charge in [0.15, 0.2) is 0 Å². The summed E-state index contributed by atoms with van der Waals surface area (Å²) < 4.78 is 5.22. The lowest BCUT2D eigenvalue weighted by Crippen LogP contribution is -2.54. The minimum Gasteiger partial charge on any atom is -0.381 e. The van der Waals surface area contributed by atoms with Crippen LogP contribution in [0, 0.1) is 0 Å². The van der Waals surface area contributed by atoms with Crippen molar-refractivity contribution < 1.29 is 14.3 Å². The van der Waals surface area contributed by atoms with Crippen LogP contribution in [0.3, 0.4) is 0 Å². The van der Waals surface area contributed by atoms with Crippen LogP contribution < -0.4 is 16.4 Å². The van der Waals surface area contributed by atoms with Crippen LogP contribution in [0.15, 0.2) is 24.3 Å². The predicted molar refractivity (Wildman–Crippen MR) is 75.4 cm³/mol. The van der Waals surface area contributed by atoms with Gasteiger partial charge >= 0.3 is 0 Å². The third-order valence-electron chi connectivity index (χ3n) is 3.47. The second kappa shape index (κ2) is 6.02. The molecule has 0 aromatic heterocycles. The fraction of sp³-hybridized carbons (Fsp3) is 0.429. The van der Waals surface area contributed by atoms with E-state index in [1.165, 1.54) is 0 Å². The molecule has 0 spiro atoms. The molecule has 0 atom stereocenters. The topological polar surface area (TPSA) is 93.5 Å². The van der Waals surface area contributed by atoms with Gasteiger partial charge in [-0.1, -0.05) is 0 Å². The summed E-state index contributed by atoms with van der Waals surface area (Å²) in [5.41, 5.74) is 6.38. The molecule has 0 aliphatic carbocycles. The first kappa shape index (κ1) is 14.5. The van der Waals surface area contributed by atoms with Crippen LogP contribution in [0.25, 0.3) is 0 Å². The lowest BCUT2D eigenvalue weighted by atomic mass is 9.90. The van der Waals surface area contributed by atoms with Crippen molar-refractivity contribution in [3.63, 3.8) is 0 Å². The number of carbonyl (C=O) groups excluding carboxylic acids is 2. The van der Waals surface area contributed by atoms with E-state index in [1.54, 1.807) is 31.3 Å². The Morgan fingerprint density at radius 3 is 2.35 bits per heavy atom. The Morgan fingerprint density at radius 1 is 1.20 bits per heavy atom. The van der Waals surface area contributed by atoms with Crippen LogP contribution >= 0.6 is 0 Å². The summed E-state index contributed by atoms with van der Waals surface area (Å²) in [4.78, 5) is 23.6. The smallest absolute Gasteiger partial charge is 0.251 e. The zero-order valence-electron chi connectivity index (χ0n) is 11.4. The van der Waals surface area contributed by atoms with Gasteiger partial charge in [0.05, 0.1) is 0 Å². The fourth-order valence-corrected chi connectivity index (χ4v) is 2.07. The van der Waals surface area contributed by atoms with Crippen LogP contribution in [-0.2, 0) is 9.53 Å². The monoisotopic (exact) mass is 277 g/mol. The Bertz CT molecular complexity index is 493. The summed E-state index contributed by atoms with van der Waals surface area (Å²) in [6.07, 6.45) is 1.02. The highest BCUT2D eigenvalue weighted by atomic mass is 16.5. The molecule has 2 amide bonds. The number of nitrogens with two attached hydrogens (primary N) is 1. The maximum absolute atomic E-state index is 12.2. The van der Waals surface area contributed by atoms with E-state index in [-0.39, 0.29) is 11.8 Å². The van der Waals surface area contributed by atoms with Gasteiger partial charge in [0.1, 0.15) is 5.54 Å². The van der Waals surface area contributed by atoms with Gasteiger partial charge in [0.25, 0.3) is 5.91 Å². The summed E-state index contributed by atoms with van der Waals surface area (Å²) in [6, 6.07) is 6.68. The summed E-state index contributed by atoms with van der Waals surface area (Å²) in [5, 5.41) is 5.32. The Balaban J connectivity index is 2.02. The quantitative estimate of drug-likeness (QED) is 0.749. The van der Waals surface area contributed by atoms with Crippen molar-refractivity contribution in [3.05, 3.63) is 29.8 Å². The maximum atomic E-state index is 12.2. The van der Waals surface area contributed by atoms with Crippen molar-refractivity contribution in [3.8, 4) is 0 Å². The minimum absolute atomic E-state index is 0.164. The zero-order valence-corrected chi connectivity index (χ0v) is 11.4. The molecule has 6 nitrogen and oxygen atoms in total. The summed E-state index contributed by atoms with van der Waals surface area (Å²) in [5.74, 6) is -0.379. The largest absolute Gasteiger partial charge is 0.381 e. The van der Waals surface area contributed by atoms with E-state index in [2.05, 4.69) is 10.6 Å². The van der Waals surface area contributed by atoms with Gasteiger partial charge in [-0.25, -0.2) is 0 Å². The molecule has 1 aliphatic heterocycles. The molecule has 1 fully saturated rings. The first-order chi connectivity index (χ1) is 9.55. The molecule has 0 unspecified atom stereocenters. The molecule has 1 heterocycles. The van der Waals surface area contributed by atoms with E-state index in [0.29, 0.717) is 37.3 Å². The highest BCUT2D eigenvalue weighted by Gasteiger charge is 2.35. The minimum atomic E-state index is -0.877. The molecule has 0 bridgehead atoms. The molecular weight excluding hydrogens is 258 g/mol. The van der Waals surface area contributed by atoms with E-state index in [4.69, 9.17) is 10.5 Å². The van der Waals surface area contributed by atoms with Gasteiger partial charge < -0.3 is 21.1 Å². The van der Waals surface area contributed by atoms with Gasteiger partial charge in [0, 0.05) is 31.5 Å². The molecule has 0 saturated carbocycles. The molecule has 1 aromatic rings. The van der Waals surface area contributed by atoms with Crippen LogP contribution in [0.4, 0.5) is 5.69 Å². The molecule has 1 saturated heterocycles. The van der Waals surface area contributed by atoms with Crippen LogP contribution in [0.5, 0.6) is 0 Å². The van der Waals surface area contributed by atoms with Gasteiger partial charge in [-0.15, -0.1) is 0 Å². The maximum Gasteiger partial charge on any atom is 0.251 e. The molecule has 2 rings (SSSR count). The van der Waals surface area contributed by atoms with E-state index < -0.39 is 5.54 Å². The number of amides is 2. The molecule has 0 radical (unpaired) electrons. The predicted octanol–water partition coefficient (Wildman–Crippen LogP) is 0.493. The third kappa shape index (κ3) is 3.15. The average molecular weight is 277 g/mol. The Kier molecular flexibility index (Phi) is 4.36. The second-order valence-corrected chi connectivity index (χ2v) is 4.88. The number of hydrogen-bond donors (Lipinski definition) is 3. The van der Waals surface area contributed by atoms with Crippen molar-refractivity contribution in [1.29, 1.82) is 0 Å². The Labute approximate surface area is 117 Å². The Morgan fingerprint density at radius 2 is 1.80 bits per heavy atom. The average Bonchev–Trinajstić information content (AvgIpc) is 2.48. The number of ether oxygens (including phenoxy) is 1. The summed E-state index contributed by atoms with van der Waals surface area (Å²) in [6.45, 7) is 0.999. The third-order valence-corrected chi connectivity index (χ3v) is 3.47. The SMILES string of the molecule is CNC(=O)c1ccc(NC(=O)C2(N)CCOCC2)cc1. The highest BCUT2D eigenvalue weighted by molar-refractivity contribution is 5.99. The Hall–Kier alpha value is -1.92. The molecule has 108 valence electrons. The van der Waals surface area contributed by atoms with Crippen LogP contribution in [0.1, 0.15) is 23.2 Å². The van der Waals surface area contributed by atoms with Crippen molar-refractivity contribution in [1.82, 2.24) is 5.32 Å². The highest BCUT2D eigenvalue weighted by Crippen LogP contribution is 2.20. The fourth-order valence-electron chi connectivity index (χ4n) is 2.07. The molecule has 20 heavy (non-hydrogen) atoms. The van der Waals surface area contributed by atoms with Crippen molar-refractivity contribution >= 4 is 17.5 Å². The second-order valence-electron chi connectivity index (χ2n) is 4.88. The lowest BCUT2D eigenvalue weighted by Gasteiger charge is -2.31. The first-order valence-electron chi connectivity index (χ1n) is 6.55. The van der Waals surface area contributed by atoms with Crippen molar-refractivity contribution in [2.45, 2.75) is 18.4 Å². The number of nitrogens with one attached hydrogen (secondary N) is 2. The zero-order chi connectivity index (χ0) is 14.6. The van der Waals surface area contributed by atoms with Gasteiger partial charge in [-0.3, -0.25) is 9.59 Å². The summed E-state index contributed by atoms with van der Waals surface area (Å²) in [7, 11) is 1.57. The lowest BCUT2D eigenvalue weighted by molar-refractivity contribution is -0.124. The normalized spacial score (nSPS) is 17.3. The molecule has 1 aliphatic rings. The van der Waals surface area contributed by atoms with E-state index in [0.717, 1.165) is 0 Å². The van der Waals surface area contributed by atoms with Gasteiger partial charge in [-0.05, 0) is 37.1 Å². The van der Waals surface area contributed by atoms with Crippen LogP contribution in [0.2, 0.25) is 0 Å². The van der Waals surface area contributed by atoms with Crippen LogP contribution in [-0.4, -0.2) is 37.6 Å². The number of benzene rings is 1. The molecule has 4 N–H and O–H groups in total. The van der Waals surface area contributed by atoms with Crippen molar-refractivity contribution in [2.75, 3.05) is 25.6 Å². The van der Waals surface area contributed by atoms with Gasteiger partial charge in [-0.2, -0.15) is 0 Å². The van der Waals surface area contributed by atoms with Gasteiger partial charge in [0.2, 0.25) is 5.91 Å². The first-order valence-corrected chi connectivity index (χ1v) is 6.55. The number of anilines is 1. The summed E-state index contributed by atoms with van der Waals surface area (Å²) >= 11 is 0.